The lowest BCUT2D eigenvalue weighted by Crippen LogP contribution is -2.30. The number of rotatable bonds is 9. The van der Waals surface area contributed by atoms with Crippen LogP contribution in [0.3, 0.4) is 0 Å². The Labute approximate surface area is 166 Å². The summed E-state index contributed by atoms with van der Waals surface area (Å²) in [5.74, 6) is 0.0986. The number of hydrogen-bond acceptors (Lipinski definition) is 6. The van der Waals surface area contributed by atoms with Crippen LogP contribution >= 0.6 is 23.1 Å². The molecule has 2 aromatic carbocycles. The summed E-state index contributed by atoms with van der Waals surface area (Å²) in [4.78, 5) is 29.2. The van der Waals surface area contributed by atoms with Crippen molar-refractivity contribution in [3.05, 3.63) is 59.6 Å². The van der Waals surface area contributed by atoms with Crippen molar-refractivity contribution >= 4 is 45.2 Å². The molecule has 3 aromatic rings. The van der Waals surface area contributed by atoms with E-state index < -0.39 is 0 Å². The van der Waals surface area contributed by atoms with E-state index in [1.165, 1.54) is 0 Å². The van der Waals surface area contributed by atoms with Gasteiger partial charge in [0.2, 0.25) is 0 Å². The van der Waals surface area contributed by atoms with Crippen molar-refractivity contribution in [3.8, 4) is 0 Å². The van der Waals surface area contributed by atoms with Gasteiger partial charge in [-0.2, -0.15) is 0 Å². The van der Waals surface area contributed by atoms with Gasteiger partial charge in [-0.15, -0.1) is 23.1 Å². The van der Waals surface area contributed by atoms with Gasteiger partial charge in [-0.3, -0.25) is 9.59 Å². The topological polar surface area (TPSA) is 68.3 Å². The fourth-order valence-electron chi connectivity index (χ4n) is 2.38. The highest BCUT2D eigenvalue weighted by atomic mass is 32.2. The predicted octanol–water partition coefficient (Wildman–Crippen LogP) is 3.68. The molecule has 0 unspecified atom stereocenters. The molecule has 1 N–H and O–H groups in total. The molecule has 0 saturated heterocycles. The fraction of sp³-hybridized carbons (Fsp3) is 0.250. The second-order valence-corrected chi connectivity index (χ2v) is 8.03. The predicted molar refractivity (Wildman–Crippen MR) is 109 cm³/mol. The third-order valence-corrected chi connectivity index (χ3v) is 5.79. The second-order valence-electron chi connectivity index (χ2n) is 5.75. The molecule has 0 atom stereocenters. The number of carbonyl (C=O) groups is 2. The Morgan fingerprint density at radius 3 is 2.67 bits per heavy atom. The standard InChI is InChI=1S/C20H20N2O3S2/c23-18(21-12-13-26-15-6-2-1-3-7-15)14-25-20(24)11-10-19-22-16-8-4-5-9-17(16)27-19/h1-9H,10-14H2,(H,21,23). The minimum atomic E-state index is -0.386. The number of carbonyl (C=O) groups excluding carboxylic acids is 2. The zero-order chi connectivity index (χ0) is 18.9. The molecule has 140 valence electrons. The Kier molecular flexibility index (Phi) is 7.24. The Morgan fingerprint density at radius 2 is 1.85 bits per heavy atom. The molecule has 0 bridgehead atoms. The third kappa shape index (κ3) is 6.37. The van der Waals surface area contributed by atoms with Gasteiger partial charge in [-0.05, 0) is 24.3 Å². The monoisotopic (exact) mass is 400 g/mol. The van der Waals surface area contributed by atoms with E-state index in [-0.39, 0.29) is 24.9 Å². The summed E-state index contributed by atoms with van der Waals surface area (Å²) in [5.41, 5.74) is 0.943. The molecule has 0 aliphatic carbocycles. The zero-order valence-electron chi connectivity index (χ0n) is 14.7. The van der Waals surface area contributed by atoms with Crippen molar-refractivity contribution in [2.45, 2.75) is 17.7 Å². The van der Waals surface area contributed by atoms with Gasteiger partial charge in [-0.25, -0.2) is 4.98 Å². The first-order valence-electron chi connectivity index (χ1n) is 8.65. The zero-order valence-corrected chi connectivity index (χ0v) is 16.4. The van der Waals surface area contributed by atoms with Gasteiger partial charge in [0.05, 0.1) is 21.6 Å². The SMILES string of the molecule is O=C(COC(=O)CCc1nc2ccccc2s1)NCCSc1ccccc1. The van der Waals surface area contributed by atoms with Crippen molar-refractivity contribution in [3.63, 3.8) is 0 Å². The maximum absolute atomic E-state index is 11.8. The summed E-state index contributed by atoms with van der Waals surface area (Å²) in [6.45, 7) is 0.288. The molecule has 0 radical (unpaired) electrons. The maximum atomic E-state index is 11.8. The third-order valence-electron chi connectivity index (χ3n) is 3.68. The van der Waals surface area contributed by atoms with Crippen molar-refractivity contribution in [1.82, 2.24) is 10.3 Å². The average molecular weight is 401 g/mol. The fourth-order valence-corrected chi connectivity index (χ4v) is 4.14. The van der Waals surface area contributed by atoms with Crippen LogP contribution < -0.4 is 5.32 Å². The van der Waals surface area contributed by atoms with Gasteiger partial charge < -0.3 is 10.1 Å². The molecule has 3 rings (SSSR count). The summed E-state index contributed by atoms with van der Waals surface area (Å²) >= 11 is 3.24. The van der Waals surface area contributed by atoms with Crippen LogP contribution in [0, 0.1) is 0 Å². The van der Waals surface area contributed by atoms with Crippen molar-refractivity contribution in [2.75, 3.05) is 18.9 Å². The molecule has 1 aromatic heterocycles. The van der Waals surface area contributed by atoms with E-state index in [0.717, 1.165) is 25.9 Å². The van der Waals surface area contributed by atoms with Crippen molar-refractivity contribution in [2.24, 2.45) is 0 Å². The van der Waals surface area contributed by atoms with Crippen LogP contribution in [0.4, 0.5) is 0 Å². The van der Waals surface area contributed by atoms with Crippen LogP contribution in [0.25, 0.3) is 10.2 Å². The van der Waals surface area contributed by atoms with Gasteiger partial charge in [0.15, 0.2) is 6.61 Å². The Balaban J connectivity index is 1.29. The molecular weight excluding hydrogens is 380 g/mol. The van der Waals surface area contributed by atoms with Crippen molar-refractivity contribution < 1.29 is 14.3 Å². The first-order valence-corrected chi connectivity index (χ1v) is 10.5. The van der Waals surface area contributed by atoms with Crippen molar-refractivity contribution in [1.29, 1.82) is 0 Å². The Hall–Kier alpha value is -2.38. The number of aryl methyl sites for hydroxylation is 1. The summed E-state index contributed by atoms with van der Waals surface area (Å²) in [7, 11) is 0. The number of amides is 1. The van der Waals surface area contributed by atoms with E-state index in [4.69, 9.17) is 4.74 Å². The quantitative estimate of drug-likeness (QED) is 0.337. The molecule has 0 saturated carbocycles. The number of benzene rings is 2. The van der Waals surface area contributed by atoms with Gasteiger partial charge in [0.1, 0.15) is 0 Å². The Morgan fingerprint density at radius 1 is 1.07 bits per heavy atom. The van der Waals surface area contributed by atoms with Gasteiger partial charge in [0.25, 0.3) is 5.91 Å². The minimum Gasteiger partial charge on any atom is -0.456 e. The number of fused-ring (bicyclic) bond motifs is 1. The number of thioether (sulfide) groups is 1. The molecule has 0 aliphatic heterocycles. The second kappa shape index (κ2) is 10.1. The number of aromatic nitrogens is 1. The number of thiazole rings is 1. The molecule has 7 heteroatoms. The number of esters is 1. The number of para-hydroxylation sites is 1. The van der Waals surface area contributed by atoms with E-state index in [2.05, 4.69) is 10.3 Å². The maximum Gasteiger partial charge on any atom is 0.306 e. The average Bonchev–Trinajstić information content (AvgIpc) is 3.12. The van der Waals surface area contributed by atoms with Gasteiger partial charge in [-0.1, -0.05) is 30.3 Å². The van der Waals surface area contributed by atoms with Crippen LogP contribution in [0.15, 0.2) is 59.5 Å². The number of nitrogens with one attached hydrogen (secondary N) is 1. The van der Waals surface area contributed by atoms with Crippen LogP contribution in [0.1, 0.15) is 11.4 Å². The molecule has 27 heavy (non-hydrogen) atoms. The molecule has 0 spiro atoms. The highest BCUT2D eigenvalue weighted by molar-refractivity contribution is 7.99. The first-order chi connectivity index (χ1) is 13.2. The normalized spacial score (nSPS) is 10.7. The van der Waals surface area contributed by atoms with Crippen LogP contribution in [-0.4, -0.2) is 35.8 Å². The molecule has 5 nitrogen and oxygen atoms in total. The lowest BCUT2D eigenvalue weighted by atomic mass is 10.3. The molecule has 0 aliphatic rings. The first kappa shape index (κ1) is 19.4. The summed E-state index contributed by atoms with van der Waals surface area (Å²) in [6, 6.07) is 17.9. The van der Waals surface area contributed by atoms with E-state index in [1.807, 2.05) is 54.6 Å². The molecule has 1 amide bonds. The van der Waals surface area contributed by atoms with Crippen LogP contribution in [0.5, 0.6) is 0 Å². The van der Waals surface area contributed by atoms with E-state index in [9.17, 15) is 9.59 Å². The summed E-state index contributed by atoms with van der Waals surface area (Å²) in [6.07, 6.45) is 0.741. The van der Waals surface area contributed by atoms with E-state index >= 15 is 0 Å². The molecule has 1 heterocycles. The lowest BCUT2D eigenvalue weighted by molar-refractivity contribution is -0.148. The summed E-state index contributed by atoms with van der Waals surface area (Å²) < 4.78 is 6.14. The highest BCUT2D eigenvalue weighted by Gasteiger charge is 2.10. The number of hydrogen-bond donors (Lipinski definition) is 1. The number of nitrogens with zero attached hydrogens (tertiary/aromatic N) is 1. The molecule has 0 fully saturated rings. The van der Waals surface area contributed by atoms with Gasteiger partial charge >= 0.3 is 5.97 Å². The summed E-state index contributed by atoms with van der Waals surface area (Å²) in [5, 5.41) is 3.65. The van der Waals surface area contributed by atoms with E-state index in [1.54, 1.807) is 23.1 Å². The van der Waals surface area contributed by atoms with Gasteiger partial charge in [0, 0.05) is 23.6 Å². The largest absolute Gasteiger partial charge is 0.456 e. The lowest BCUT2D eigenvalue weighted by Gasteiger charge is -2.06. The van der Waals surface area contributed by atoms with Crippen LogP contribution in [-0.2, 0) is 20.7 Å². The van der Waals surface area contributed by atoms with Crippen LogP contribution in [0.2, 0.25) is 0 Å². The Bertz CT molecular complexity index is 863. The highest BCUT2D eigenvalue weighted by Crippen LogP contribution is 2.22. The molecular formula is C20H20N2O3S2. The van der Waals surface area contributed by atoms with E-state index in [0.29, 0.717) is 13.0 Å². The minimum absolute atomic E-state index is 0.219. The smallest absolute Gasteiger partial charge is 0.306 e. The number of ether oxygens (including phenoxy) is 1.